The van der Waals surface area contributed by atoms with E-state index in [-0.39, 0.29) is 29.3 Å². The van der Waals surface area contributed by atoms with E-state index in [4.69, 9.17) is 9.84 Å². The lowest BCUT2D eigenvalue weighted by atomic mass is 9.81. The molecule has 0 radical (unpaired) electrons. The van der Waals surface area contributed by atoms with E-state index >= 15 is 0 Å². The Bertz CT molecular complexity index is 343. The summed E-state index contributed by atoms with van der Waals surface area (Å²) >= 11 is 0. The molecule has 1 fully saturated rings. The zero-order valence-corrected chi connectivity index (χ0v) is 13.1. The molecule has 1 saturated carbocycles. The molecule has 4 heteroatoms. The number of esters is 1. The van der Waals surface area contributed by atoms with Crippen LogP contribution in [-0.4, -0.2) is 23.1 Å². The maximum Gasteiger partial charge on any atom is 0.309 e. The van der Waals surface area contributed by atoms with Crippen LogP contribution < -0.4 is 0 Å². The number of carboxylic acids is 1. The number of carbonyl (C=O) groups excluding carboxylic acids is 1. The highest BCUT2D eigenvalue weighted by molar-refractivity contribution is 5.75. The van der Waals surface area contributed by atoms with E-state index in [0.29, 0.717) is 12.8 Å². The molecule has 1 N–H and O–H groups in total. The minimum Gasteiger partial charge on any atom is -0.481 e. The number of hydrogen-bond donors (Lipinski definition) is 1. The van der Waals surface area contributed by atoms with Crippen LogP contribution in [0.4, 0.5) is 0 Å². The number of hydrogen-bond acceptors (Lipinski definition) is 3. The summed E-state index contributed by atoms with van der Waals surface area (Å²) in [7, 11) is 0. The Labute approximate surface area is 121 Å². The Morgan fingerprint density at radius 2 is 1.85 bits per heavy atom. The van der Waals surface area contributed by atoms with Gasteiger partial charge in [0.25, 0.3) is 0 Å². The van der Waals surface area contributed by atoms with Crippen molar-refractivity contribution in [3.63, 3.8) is 0 Å². The normalized spacial score (nSPS) is 25.0. The monoisotopic (exact) mass is 284 g/mol. The number of ether oxygens (including phenoxy) is 1. The van der Waals surface area contributed by atoms with Crippen molar-refractivity contribution in [2.24, 2.45) is 17.3 Å². The molecule has 116 valence electrons. The van der Waals surface area contributed by atoms with E-state index < -0.39 is 5.97 Å². The molecule has 0 saturated heterocycles. The minimum absolute atomic E-state index is 0.0768. The molecule has 4 nitrogen and oxygen atoms in total. The van der Waals surface area contributed by atoms with Crippen LogP contribution in [0.2, 0.25) is 0 Å². The zero-order valence-electron chi connectivity index (χ0n) is 13.1. The Hall–Kier alpha value is -1.06. The fraction of sp³-hybridized carbons (Fsp3) is 0.875. The van der Waals surface area contributed by atoms with Gasteiger partial charge in [-0.05, 0) is 31.1 Å². The van der Waals surface area contributed by atoms with Gasteiger partial charge in [0.2, 0.25) is 0 Å². The molecule has 0 aromatic heterocycles. The highest BCUT2D eigenvalue weighted by Gasteiger charge is 2.35. The van der Waals surface area contributed by atoms with Gasteiger partial charge in [-0.3, -0.25) is 9.59 Å². The summed E-state index contributed by atoms with van der Waals surface area (Å²) in [4.78, 5) is 23.3. The number of rotatable bonds is 5. The largest absolute Gasteiger partial charge is 0.481 e. The lowest BCUT2D eigenvalue weighted by Gasteiger charge is -2.33. The van der Waals surface area contributed by atoms with Gasteiger partial charge in [0.15, 0.2) is 0 Å². The van der Waals surface area contributed by atoms with E-state index in [1.165, 1.54) is 0 Å². The molecule has 1 aliphatic carbocycles. The molecule has 3 unspecified atom stereocenters. The third-order valence-electron chi connectivity index (χ3n) is 4.13. The van der Waals surface area contributed by atoms with Crippen LogP contribution in [0.15, 0.2) is 0 Å². The van der Waals surface area contributed by atoms with Crippen LogP contribution in [-0.2, 0) is 14.3 Å². The number of carboxylic acid groups (broad SMARTS) is 1. The van der Waals surface area contributed by atoms with Crippen LogP contribution in [0.3, 0.4) is 0 Å². The molecular formula is C16H28O4. The molecule has 1 aliphatic rings. The number of aliphatic carboxylic acids is 1. The van der Waals surface area contributed by atoms with E-state index in [2.05, 4.69) is 27.7 Å². The molecule has 1 rings (SSSR count). The second kappa shape index (κ2) is 7.09. The van der Waals surface area contributed by atoms with Crippen LogP contribution >= 0.6 is 0 Å². The highest BCUT2D eigenvalue weighted by atomic mass is 16.5. The van der Waals surface area contributed by atoms with Gasteiger partial charge in [0.1, 0.15) is 6.10 Å². The summed E-state index contributed by atoms with van der Waals surface area (Å²) in [6.07, 6.45) is 4.39. The van der Waals surface area contributed by atoms with Gasteiger partial charge >= 0.3 is 11.9 Å². The maximum atomic E-state index is 12.3. The van der Waals surface area contributed by atoms with E-state index in [1.54, 1.807) is 0 Å². The molecule has 3 atom stereocenters. The standard InChI is InChI=1S/C16H28O4/c1-5-7-13(16(2,3)4)20-15(19)12-9-6-8-11(10-12)14(17)18/h11-13H,5-10H2,1-4H3,(H,17,18). The third kappa shape index (κ3) is 4.80. The topological polar surface area (TPSA) is 63.6 Å². The Morgan fingerprint density at radius 1 is 1.25 bits per heavy atom. The summed E-state index contributed by atoms with van der Waals surface area (Å²) in [5, 5.41) is 9.08. The molecule has 0 amide bonds. The molecular weight excluding hydrogens is 256 g/mol. The average Bonchev–Trinajstić information content (AvgIpc) is 2.37. The van der Waals surface area contributed by atoms with Crippen molar-refractivity contribution in [1.29, 1.82) is 0 Å². The molecule has 0 aliphatic heterocycles. The molecule has 0 aromatic carbocycles. The van der Waals surface area contributed by atoms with E-state index in [0.717, 1.165) is 25.7 Å². The molecule has 0 aromatic rings. The van der Waals surface area contributed by atoms with Gasteiger partial charge in [0, 0.05) is 0 Å². The minimum atomic E-state index is -0.788. The molecule has 0 bridgehead atoms. The highest BCUT2D eigenvalue weighted by Crippen LogP contribution is 2.32. The molecule has 0 heterocycles. The summed E-state index contributed by atoms with van der Waals surface area (Å²) in [6, 6.07) is 0. The Balaban J connectivity index is 2.62. The first kappa shape index (κ1) is 17.0. The van der Waals surface area contributed by atoms with Crippen LogP contribution in [0.1, 0.15) is 66.2 Å². The van der Waals surface area contributed by atoms with Gasteiger partial charge < -0.3 is 9.84 Å². The molecule has 0 spiro atoms. The SMILES string of the molecule is CCCC(OC(=O)C1CCCC(C(=O)O)C1)C(C)(C)C. The summed E-state index contributed by atoms with van der Waals surface area (Å²) < 4.78 is 5.69. The van der Waals surface area contributed by atoms with Gasteiger partial charge in [-0.25, -0.2) is 0 Å². The lowest BCUT2D eigenvalue weighted by Crippen LogP contribution is -2.36. The van der Waals surface area contributed by atoms with E-state index in [1.807, 2.05) is 0 Å². The smallest absolute Gasteiger partial charge is 0.309 e. The maximum absolute atomic E-state index is 12.3. The lowest BCUT2D eigenvalue weighted by molar-refractivity contribution is -0.163. The first-order valence-electron chi connectivity index (χ1n) is 7.69. The predicted molar refractivity (Wildman–Crippen MR) is 77.3 cm³/mol. The Kier molecular flexibility index (Phi) is 6.03. The van der Waals surface area contributed by atoms with Crippen molar-refractivity contribution in [2.75, 3.05) is 0 Å². The average molecular weight is 284 g/mol. The van der Waals surface area contributed by atoms with Crippen LogP contribution in [0.5, 0.6) is 0 Å². The third-order valence-corrected chi connectivity index (χ3v) is 4.13. The second-order valence-electron chi connectivity index (χ2n) is 6.98. The zero-order chi connectivity index (χ0) is 15.3. The summed E-state index contributed by atoms with van der Waals surface area (Å²) in [5.41, 5.74) is -0.0768. The first-order valence-corrected chi connectivity index (χ1v) is 7.69. The van der Waals surface area contributed by atoms with Crippen molar-refractivity contribution in [3.8, 4) is 0 Å². The van der Waals surface area contributed by atoms with Crippen molar-refractivity contribution >= 4 is 11.9 Å². The summed E-state index contributed by atoms with van der Waals surface area (Å²) in [5.74, 6) is -1.63. The van der Waals surface area contributed by atoms with Crippen LogP contribution in [0, 0.1) is 17.3 Å². The van der Waals surface area contributed by atoms with E-state index in [9.17, 15) is 9.59 Å². The quantitative estimate of drug-likeness (QED) is 0.783. The van der Waals surface area contributed by atoms with Gasteiger partial charge in [-0.2, -0.15) is 0 Å². The second-order valence-corrected chi connectivity index (χ2v) is 6.98. The van der Waals surface area contributed by atoms with Crippen molar-refractivity contribution < 1.29 is 19.4 Å². The predicted octanol–water partition coefficient (Wildman–Crippen LogP) is 3.64. The number of carbonyl (C=O) groups is 2. The van der Waals surface area contributed by atoms with Crippen molar-refractivity contribution in [3.05, 3.63) is 0 Å². The fourth-order valence-electron chi connectivity index (χ4n) is 2.80. The molecule has 20 heavy (non-hydrogen) atoms. The first-order chi connectivity index (χ1) is 9.25. The van der Waals surface area contributed by atoms with Gasteiger partial charge in [0.05, 0.1) is 11.8 Å². The van der Waals surface area contributed by atoms with Crippen molar-refractivity contribution in [1.82, 2.24) is 0 Å². The summed E-state index contributed by atoms with van der Waals surface area (Å²) in [6.45, 7) is 8.29. The fourth-order valence-corrected chi connectivity index (χ4v) is 2.80. The van der Waals surface area contributed by atoms with Crippen molar-refractivity contribution in [2.45, 2.75) is 72.3 Å². The van der Waals surface area contributed by atoms with Crippen LogP contribution in [0.25, 0.3) is 0 Å². The Morgan fingerprint density at radius 3 is 2.35 bits per heavy atom. The van der Waals surface area contributed by atoms with Gasteiger partial charge in [-0.15, -0.1) is 0 Å². The van der Waals surface area contributed by atoms with Gasteiger partial charge in [-0.1, -0.05) is 40.5 Å².